The van der Waals surface area contributed by atoms with E-state index in [1.54, 1.807) is 17.0 Å². The minimum Gasteiger partial charge on any atom is -0.341 e. The molecule has 3 rings (SSSR count). The highest BCUT2D eigenvalue weighted by molar-refractivity contribution is 5.82. The predicted octanol–water partition coefficient (Wildman–Crippen LogP) is 3.08. The molecule has 2 aromatic carbocycles. The molecule has 160 valence electrons. The number of carbonyl (C=O) groups is 2. The van der Waals surface area contributed by atoms with E-state index < -0.39 is 0 Å². The molecule has 1 fully saturated rings. The average molecular weight is 412 g/mol. The molecule has 0 aromatic heterocycles. The van der Waals surface area contributed by atoms with Crippen LogP contribution < -0.4 is 5.73 Å². The van der Waals surface area contributed by atoms with E-state index >= 15 is 0 Å². The van der Waals surface area contributed by atoms with E-state index in [0.717, 1.165) is 17.5 Å². The van der Waals surface area contributed by atoms with Gasteiger partial charge in [-0.25, -0.2) is 4.39 Å². The molecule has 2 aromatic rings. The summed E-state index contributed by atoms with van der Waals surface area (Å²) in [6, 6.07) is 14.3. The van der Waals surface area contributed by atoms with Gasteiger partial charge in [-0.1, -0.05) is 49.4 Å². The minimum absolute atomic E-state index is 0.00578. The number of nitrogens with two attached hydrogens (primary N) is 1. The van der Waals surface area contributed by atoms with Gasteiger partial charge >= 0.3 is 0 Å². The van der Waals surface area contributed by atoms with Gasteiger partial charge < -0.3 is 15.5 Å². The average Bonchev–Trinajstić information content (AvgIpc) is 2.89. The van der Waals surface area contributed by atoms with Crippen LogP contribution in [0.25, 0.3) is 11.1 Å². The van der Waals surface area contributed by atoms with Gasteiger partial charge in [0.15, 0.2) is 0 Å². The molecule has 2 N–H and O–H groups in total. The Labute approximate surface area is 177 Å². The molecule has 1 heterocycles. The van der Waals surface area contributed by atoms with Crippen LogP contribution in [0.2, 0.25) is 0 Å². The molecule has 30 heavy (non-hydrogen) atoms. The van der Waals surface area contributed by atoms with E-state index in [2.05, 4.69) is 0 Å². The van der Waals surface area contributed by atoms with Crippen molar-refractivity contribution < 1.29 is 14.0 Å². The topological polar surface area (TPSA) is 66.6 Å². The van der Waals surface area contributed by atoms with Crippen LogP contribution in [0.15, 0.2) is 48.5 Å². The maximum atomic E-state index is 14.2. The number of benzene rings is 2. The quantitative estimate of drug-likeness (QED) is 0.761. The fourth-order valence-corrected chi connectivity index (χ4v) is 4.04. The van der Waals surface area contributed by atoms with E-state index in [0.29, 0.717) is 44.7 Å². The summed E-state index contributed by atoms with van der Waals surface area (Å²) in [6.45, 7) is 4.51. The second kappa shape index (κ2) is 10.3. The second-order valence-electron chi connectivity index (χ2n) is 7.78. The standard InChI is InChI=1S/C24H30FN3O2/c1-2-12-27-13-14-28(23(29)10-11-26)17-20(24(27)30)16-18-6-5-7-19(15-18)21-8-3-4-9-22(21)25/h3-9,15,20H,2,10-14,16-17,26H2,1H3/t20-/m0/s1. The fourth-order valence-electron chi connectivity index (χ4n) is 4.04. The maximum Gasteiger partial charge on any atom is 0.227 e. The van der Waals surface area contributed by atoms with Crippen molar-refractivity contribution in [1.29, 1.82) is 0 Å². The van der Waals surface area contributed by atoms with Gasteiger partial charge in [0.25, 0.3) is 0 Å². The summed E-state index contributed by atoms with van der Waals surface area (Å²) in [4.78, 5) is 29.3. The largest absolute Gasteiger partial charge is 0.341 e. The van der Waals surface area contributed by atoms with Gasteiger partial charge in [-0.15, -0.1) is 0 Å². The van der Waals surface area contributed by atoms with Crippen LogP contribution >= 0.6 is 0 Å². The molecule has 5 nitrogen and oxygen atoms in total. The SMILES string of the molecule is CCCN1CCN(C(=O)CCN)C[C@H](Cc2cccc(-c3ccccc3F)c2)C1=O. The number of carbonyl (C=O) groups excluding carboxylic acids is 2. The number of nitrogens with zero attached hydrogens (tertiary/aromatic N) is 2. The highest BCUT2D eigenvalue weighted by Crippen LogP contribution is 2.25. The van der Waals surface area contributed by atoms with Gasteiger partial charge in [-0.05, 0) is 30.0 Å². The summed E-state index contributed by atoms with van der Waals surface area (Å²) in [7, 11) is 0. The number of hydrogen-bond acceptors (Lipinski definition) is 3. The molecule has 6 heteroatoms. The van der Waals surface area contributed by atoms with Crippen LogP contribution in [0.3, 0.4) is 0 Å². The van der Waals surface area contributed by atoms with Crippen molar-refractivity contribution in [3.8, 4) is 11.1 Å². The Morgan fingerprint density at radius 2 is 1.97 bits per heavy atom. The van der Waals surface area contributed by atoms with Crippen molar-refractivity contribution in [3.63, 3.8) is 0 Å². The van der Waals surface area contributed by atoms with Crippen LogP contribution in [0.1, 0.15) is 25.3 Å². The Balaban J connectivity index is 1.84. The smallest absolute Gasteiger partial charge is 0.227 e. The Kier molecular flexibility index (Phi) is 7.57. The van der Waals surface area contributed by atoms with Crippen LogP contribution in [-0.4, -0.2) is 54.3 Å². The van der Waals surface area contributed by atoms with Crippen LogP contribution in [0.4, 0.5) is 4.39 Å². The summed E-state index contributed by atoms with van der Waals surface area (Å²) in [5, 5.41) is 0. The lowest BCUT2D eigenvalue weighted by atomic mass is 9.94. The Morgan fingerprint density at radius 1 is 1.17 bits per heavy atom. The van der Waals surface area contributed by atoms with Gasteiger partial charge in [0.05, 0.1) is 5.92 Å². The lowest BCUT2D eigenvalue weighted by Gasteiger charge is -2.24. The third-order valence-electron chi connectivity index (χ3n) is 5.54. The second-order valence-corrected chi connectivity index (χ2v) is 7.78. The first-order valence-electron chi connectivity index (χ1n) is 10.6. The van der Waals surface area contributed by atoms with Crippen molar-refractivity contribution in [2.24, 2.45) is 11.7 Å². The zero-order valence-corrected chi connectivity index (χ0v) is 17.5. The molecule has 0 saturated carbocycles. The van der Waals surface area contributed by atoms with Crippen LogP contribution in [0, 0.1) is 11.7 Å². The predicted molar refractivity (Wildman–Crippen MR) is 116 cm³/mol. The summed E-state index contributed by atoms with van der Waals surface area (Å²) >= 11 is 0. The molecule has 0 unspecified atom stereocenters. The zero-order valence-electron chi connectivity index (χ0n) is 17.5. The van der Waals surface area contributed by atoms with Crippen molar-refractivity contribution in [3.05, 3.63) is 59.9 Å². The normalized spacial score (nSPS) is 17.2. The first kappa shape index (κ1) is 22.0. The molecule has 1 aliphatic rings. The van der Waals surface area contributed by atoms with Crippen LogP contribution in [0.5, 0.6) is 0 Å². The van der Waals surface area contributed by atoms with Crippen molar-refractivity contribution in [2.45, 2.75) is 26.2 Å². The number of amides is 2. The fraction of sp³-hybridized carbons (Fsp3) is 0.417. The van der Waals surface area contributed by atoms with E-state index in [9.17, 15) is 14.0 Å². The first-order valence-corrected chi connectivity index (χ1v) is 10.6. The number of halogens is 1. The van der Waals surface area contributed by atoms with Crippen LogP contribution in [-0.2, 0) is 16.0 Å². The molecule has 0 aliphatic carbocycles. The first-order chi connectivity index (χ1) is 14.5. The summed E-state index contributed by atoms with van der Waals surface area (Å²) < 4.78 is 14.2. The van der Waals surface area contributed by atoms with Crippen molar-refractivity contribution >= 4 is 11.8 Å². The lowest BCUT2D eigenvalue weighted by molar-refractivity contribution is -0.135. The Bertz CT molecular complexity index is 886. The van der Waals surface area contributed by atoms with E-state index in [1.807, 2.05) is 42.2 Å². The zero-order chi connectivity index (χ0) is 21.5. The molecule has 0 bridgehead atoms. The molecule has 2 amide bonds. The van der Waals surface area contributed by atoms with E-state index in [4.69, 9.17) is 5.73 Å². The number of hydrogen-bond donors (Lipinski definition) is 1. The van der Waals surface area contributed by atoms with Gasteiger partial charge in [0.1, 0.15) is 5.82 Å². The van der Waals surface area contributed by atoms with Crippen molar-refractivity contribution in [1.82, 2.24) is 9.80 Å². The summed E-state index contributed by atoms with van der Waals surface area (Å²) in [5.74, 6) is -0.519. The monoisotopic (exact) mass is 411 g/mol. The summed E-state index contributed by atoms with van der Waals surface area (Å²) in [6.07, 6.45) is 1.67. The maximum absolute atomic E-state index is 14.2. The Hall–Kier alpha value is -2.73. The molecular weight excluding hydrogens is 381 g/mol. The highest BCUT2D eigenvalue weighted by Gasteiger charge is 2.31. The molecule has 0 spiro atoms. The third kappa shape index (κ3) is 5.25. The third-order valence-corrected chi connectivity index (χ3v) is 5.54. The van der Waals surface area contributed by atoms with Gasteiger partial charge in [0.2, 0.25) is 11.8 Å². The van der Waals surface area contributed by atoms with E-state index in [-0.39, 0.29) is 30.0 Å². The van der Waals surface area contributed by atoms with Gasteiger partial charge in [-0.3, -0.25) is 9.59 Å². The Morgan fingerprint density at radius 3 is 2.70 bits per heavy atom. The highest BCUT2D eigenvalue weighted by atomic mass is 19.1. The molecule has 1 aliphatic heterocycles. The minimum atomic E-state index is -0.323. The van der Waals surface area contributed by atoms with E-state index in [1.165, 1.54) is 6.07 Å². The summed E-state index contributed by atoms with van der Waals surface area (Å²) in [5.41, 5.74) is 7.85. The molecule has 1 saturated heterocycles. The molecule has 1 atom stereocenters. The lowest BCUT2D eigenvalue weighted by Crippen LogP contribution is -2.38. The van der Waals surface area contributed by atoms with Crippen molar-refractivity contribution in [2.75, 3.05) is 32.7 Å². The van der Waals surface area contributed by atoms with Gasteiger partial charge in [-0.2, -0.15) is 0 Å². The molecular formula is C24H30FN3O2. The van der Waals surface area contributed by atoms with Gasteiger partial charge in [0, 0.05) is 44.7 Å². The number of rotatable bonds is 7. The molecule has 0 radical (unpaired) electrons.